The topological polar surface area (TPSA) is 120 Å². The summed E-state index contributed by atoms with van der Waals surface area (Å²) in [5.74, 6) is 0.230. The Labute approximate surface area is 182 Å². The summed E-state index contributed by atoms with van der Waals surface area (Å²) in [4.78, 5) is 30.9. The van der Waals surface area contributed by atoms with E-state index in [0.717, 1.165) is 28.7 Å². The molecule has 0 bridgehead atoms. The first-order valence-electron chi connectivity index (χ1n) is 10.7. The molecule has 166 valence electrons. The minimum Gasteiger partial charge on any atom is -0.341 e. The van der Waals surface area contributed by atoms with Gasteiger partial charge >= 0.3 is 0 Å². The summed E-state index contributed by atoms with van der Waals surface area (Å²) in [6.07, 6.45) is 9.71. The molecule has 1 fully saturated rings. The lowest BCUT2D eigenvalue weighted by Crippen LogP contribution is -2.39. The van der Waals surface area contributed by atoms with Crippen molar-refractivity contribution in [1.82, 2.24) is 24.6 Å². The molecule has 0 aromatic carbocycles. The molecule has 2 aliphatic heterocycles. The summed E-state index contributed by atoms with van der Waals surface area (Å²) in [7, 11) is -3.27. The first-order valence-corrected chi connectivity index (χ1v) is 12.4. The van der Waals surface area contributed by atoms with Crippen molar-refractivity contribution in [1.29, 1.82) is 0 Å². The number of hydrogen-bond acceptors (Lipinski definition) is 6. The minimum absolute atomic E-state index is 0.0549. The number of carbonyl (C=O) groups excluding carboxylic acids is 1. The lowest BCUT2D eigenvalue weighted by Gasteiger charge is -2.20. The number of pyridine rings is 1. The van der Waals surface area contributed by atoms with E-state index in [1.54, 1.807) is 17.4 Å². The van der Waals surface area contributed by atoms with Gasteiger partial charge in [-0.15, -0.1) is 0 Å². The number of nitrogens with zero attached hydrogens (tertiary/aromatic N) is 4. The second-order valence-electron chi connectivity index (χ2n) is 8.13. The zero-order valence-electron chi connectivity index (χ0n) is 17.6. The number of nitrogens with one attached hydrogen (secondary N) is 2. The molecule has 0 saturated carbocycles. The first kappa shape index (κ1) is 21.6. The first-order chi connectivity index (χ1) is 14.9. The van der Waals surface area contributed by atoms with E-state index in [-0.39, 0.29) is 23.6 Å². The van der Waals surface area contributed by atoms with Crippen LogP contribution in [-0.4, -0.2) is 71.8 Å². The number of likely N-dealkylation sites (tertiary alicyclic amines) is 1. The molecular formula is C21H28N6O3S. The number of aliphatic imine (C=N–C) groups is 1. The van der Waals surface area contributed by atoms with Gasteiger partial charge in [0.1, 0.15) is 5.52 Å². The molecule has 1 saturated heterocycles. The second-order valence-corrected chi connectivity index (χ2v) is 10.0. The van der Waals surface area contributed by atoms with Gasteiger partial charge in [-0.25, -0.2) is 23.1 Å². The van der Waals surface area contributed by atoms with E-state index < -0.39 is 10.0 Å². The third-order valence-electron chi connectivity index (χ3n) is 5.70. The van der Waals surface area contributed by atoms with Gasteiger partial charge in [0.15, 0.2) is 5.65 Å². The van der Waals surface area contributed by atoms with Gasteiger partial charge in [-0.05, 0) is 36.8 Å². The number of hydrogen-bond donors (Lipinski definition) is 2. The van der Waals surface area contributed by atoms with Crippen LogP contribution in [0.3, 0.4) is 0 Å². The SMILES string of the molecule is CCCS(=O)(=O)NC1CCN(C(=O)CC2C=C(c3ccnc4[nH]cnc34)C=NCC2)C1. The fourth-order valence-corrected chi connectivity index (χ4v) is 5.56. The Morgan fingerprint density at radius 2 is 2.19 bits per heavy atom. The Bertz CT molecular complexity index is 1110. The Kier molecular flexibility index (Phi) is 6.47. The van der Waals surface area contributed by atoms with E-state index in [1.807, 2.05) is 19.2 Å². The number of aromatic amines is 1. The van der Waals surface area contributed by atoms with Crippen molar-refractivity contribution < 1.29 is 13.2 Å². The number of H-pyrrole nitrogens is 1. The zero-order chi connectivity index (χ0) is 21.8. The molecule has 2 aromatic rings. The highest BCUT2D eigenvalue weighted by atomic mass is 32.2. The van der Waals surface area contributed by atoms with Gasteiger partial charge in [0.05, 0.1) is 12.1 Å². The summed E-state index contributed by atoms with van der Waals surface area (Å²) in [6, 6.07) is 1.72. The van der Waals surface area contributed by atoms with Gasteiger partial charge < -0.3 is 9.88 Å². The fraction of sp³-hybridized carbons (Fsp3) is 0.524. The van der Waals surface area contributed by atoms with Crippen molar-refractivity contribution in [2.24, 2.45) is 10.9 Å². The molecule has 9 nitrogen and oxygen atoms in total. The van der Waals surface area contributed by atoms with Gasteiger partial charge in [0.2, 0.25) is 15.9 Å². The number of fused-ring (bicyclic) bond motifs is 1. The molecule has 1 amide bonds. The molecule has 2 aliphatic rings. The Morgan fingerprint density at radius 3 is 3.03 bits per heavy atom. The number of rotatable bonds is 7. The number of aromatic nitrogens is 3. The summed E-state index contributed by atoms with van der Waals surface area (Å²) < 4.78 is 26.8. The minimum atomic E-state index is -3.27. The Balaban J connectivity index is 1.42. The number of amides is 1. The summed E-state index contributed by atoms with van der Waals surface area (Å²) in [5, 5.41) is 0. The normalized spacial score (nSPS) is 22.0. The van der Waals surface area contributed by atoms with E-state index >= 15 is 0 Å². The van der Waals surface area contributed by atoms with Crippen LogP contribution in [0.2, 0.25) is 0 Å². The van der Waals surface area contributed by atoms with E-state index in [9.17, 15) is 13.2 Å². The van der Waals surface area contributed by atoms with Crippen LogP contribution in [0.25, 0.3) is 16.7 Å². The van der Waals surface area contributed by atoms with Crippen molar-refractivity contribution in [2.75, 3.05) is 25.4 Å². The lowest BCUT2D eigenvalue weighted by atomic mass is 9.96. The van der Waals surface area contributed by atoms with Crippen molar-refractivity contribution in [3.05, 3.63) is 30.2 Å². The predicted octanol–water partition coefficient (Wildman–Crippen LogP) is 1.75. The van der Waals surface area contributed by atoms with Crippen LogP contribution < -0.4 is 4.72 Å². The van der Waals surface area contributed by atoms with E-state index in [1.165, 1.54) is 0 Å². The Hall–Kier alpha value is -2.59. The molecule has 4 heterocycles. The third kappa shape index (κ3) is 5.19. The largest absolute Gasteiger partial charge is 0.341 e. The third-order valence-corrected chi connectivity index (χ3v) is 7.34. The molecule has 2 N–H and O–H groups in total. The molecule has 2 unspecified atom stereocenters. The standard InChI is InChI=1S/C21H28N6O3S/c1-2-9-31(29,30)26-17-5-8-27(13-17)19(28)11-15-3-6-22-12-16(10-15)18-4-7-23-21-20(18)24-14-25-21/h4,7,10,12,14-15,17,26H,2-3,5-6,8-9,11,13H2,1H3,(H,23,24,25). The molecule has 0 radical (unpaired) electrons. The maximum Gasteiger partial charge on any atom is 0.223 e. The van der Waals surface area contributed by atoms with Gasteiger partial charge in [-0.1, -0.05) is 13.0 Å². The van der Waals surface area contributed by atoms with Crippen molar-refractivity contribution in [3.63, 3.8) is 0 Å². The predicted molar refractivity (Wildman–Crippen MR) is 120 cm³/mol. The average Bonchev–Trinajstić information content (AvgIpc) is 3.33. The van der Waals surface area contributed by atoms with Crippen molar-refractivity contribution >= 4 is 38.9 Å². The summed E-state index contributed by atoms with van der Waals surface area (Å²) in [6.45, 7) is 3.51. The second kappa shape index (κ2) is 9.27. The van der Waals surface area contributed by atoms with E-state index in [0.29, 0.717) is 38.9 Å². The molecule has 2 aromatic heterocycles. The number of imidazole rings is 1. The lowest BCUT2D eigenvalue weighted by molar-refractivity contribution is -0.130. The number of allylic oxidation sites excluding steroid dienone is 2. The highest BCUT2D eigenvalue weighted by Gasteiger charge is 2.30. The van der Waals surface area contributed by atoms with E-state index in [4.69, 9.17) is 0 Å². The monoisotopic (exact) mass is 444 g/mol. The van der Waals surface area contributed by atoms with E-state index in [2.05, 4.69) is 30.7 Å². The molecule has 2 atom stereocenters. The maximum atomic E-state index is 12.9. The molecule has 0 spiro atoms. The fourth-order valence-electron chi connectivity index (χ4n) is 4.20. The van der Waals surface area contributed by atoms with Crippen LogP contribution in [0.5, 0.6) is 0 Å². The summed E-state index contributed by atoms with van der Waals surface area (Å²) >= 11 is 0. The molecule has 31 heavy (non-hydrogen) atoms. The average molecular weight is 445 g/mol. The smallest absolute Gasteiger partial charge is 0.223 e. The molecule has 4 rings (SSSR count). The summed E-state index contributed by atoms with van der Waals surface area (Å²) in [5.41, 5.74) is 3.40. The van der Waals surface area contributed by atoms with Crippen LogP contribution in [0, 0.1) is 5.92 Å². The molecule has 0 aliphatic carbocycles. The highest BCUT2D eigenvalue weighted by Crippen LogP contribution is 2.26. The van der Waals surface area contributed by atoms with Gasteiger partial charge in [0.25, 0.3) is 0 Å². The van der Waals surface area contributed by atoms with Crippen LogP contribution in [0.4, 0.5) is 0 Å². The van der Waals surface area contributed by atoms with Crippen molar-refractivity contribution in [2.45, 2.75) is 38.6 Å². The number of sulfonamides is 1. The van der Waals surface area contributed by atoms with Gasteiger partial charge in [-0.2, -0.15) is 0 Å². The van der Waals surface area contributed by atoms with Crippen LogP contribution >= 0.6 is 0 Å². The highest BCUT2D eigenvalue weighted by molar-refractivity contribution is 7.89. The Morgan fingerprint density at radius 1 is 1.32 bits per heavy atom. The zero-order valence-corrected chi connectivity index (χ0v) is 18.4. The van der Waals surface area contributed by atoms with Crippen LogP contribution in [-0.2, 0) is 14.8 Å². The van der Waals surface area contributed by atoms with Crippen LogP contribution in [0.15, 0.2) is 29.7 Å². The van der Waals surface area contributed by atoms with Gasteiger partial charge in [0, 0.05) is 50.1 Å². The molecular weight excluding hydrogens is 416 g/mol. The van der Waals surface area contributed by atoms with Crippen LogP contribution in [0.1, 0.15) is 38.2 Å². The van der Waals surface area contributed by atoms with Gasteiger partial charge in [-0.3, -0.25) is 9.79 Å². The van der Waals surface area contributed by atoms with Crippen molar-refractivity contribution in [3.8, 4) is 0 Å². The molecule has 10 heteroatoms. The number of carbonyl (C=O) groups is 1. The maximum absolute atomic E-state index is 12.9. The quantitative estimate of drug-likeness (QED) is 0.674.